The van der Waals surface area contributed by atoms with Crippen molar-refractivity contribution in [3.05, 3.63) is 0 Å². The second-order valence-electron chi connectivity index (χ2n) is 3.17. The summed E-state index contributed by atoms with van der Waals surface area (Å²) in [5, 5.41) is 0. The third kappa shape index (κ3) is 2.52. The summed E-state index contributed by atoms with van der Waals surface area (Å²) in [6.45, 7) is 0.891. The van der Waals surface area contributed by atoms with Gasteiger partial charge in [-0.05, 0) is 19.4 Å². The Morgan fingerprint density at radius 1 is 1.67 bits per heavy atom. The molecule has 0 unspecified atom stereocenters. The second-order valence-corrected chi connectivity index (χ2v) is 3.17. The molecule has 0 aromatic carbocycles. The largest absolute Gasteiger partial charge is 0.469 e. The Balaban J connectivity index is 2.33. The summed E-state index contributed by atoms with van der Waals surface area (Å²) in [4.78, 5) is 12.7. The molecule has 0 saturated carbocycles. The normalized spacial score (nSPS) is 25.2. The van der Waals surface area contributed by atoms with Gasteiger partial charge in [0.1, 0.15) is 0 Å². The van der Waals surface area contributed by atoms with Gasteiger partial charge in [0.25, 0.3) is 0 Å². The highest BCUT2D eigenvalue weighted by molar-refractivity contribution is 6.04. The van der Waals surface area contributed by atoms with Crippen molar-refractivity contribution in [1.82, 2.24) is 4.81 Å². The van der Waals surface area contributed by atoms with Crippen LogP contribution in [0.3, 0.4) is 0 Å². The van der Waals surface area contributed by atoms with Gasteiger partial charge in [-0.3, -0.25) is 4.79 Å². The van der Waals surface area contributed by atoms with Crippen LogP contribution in [0.5, 0.6) is 0 Å². The molecule has 0 aromatic heterocycles. The van der Waals surface area contributed by atoms with E-state index in [0.29, 0.717) is 6.42 Å². The Labute approximate surface area is 74.5 Å². The van der Waals surface area contributed by atoms with E-state index in [0.717, 1.165) is 25.8 Å². The molecule has 0 aliphatic carbocycles. The number of carbonyl (C=O) groups is 1. The zero-order valence-electron chi connectivity index (χ0n) is 7.45. The van der Waals surface area contributed by atoms with Crippen LogP contribution in [0.4, 0.5) is 0 Å². The van der Waals surface area contributed by atoms with Crippen molar-refractivity contribution in [2.75, 3.05) is 13.7 Å². The van der Waals surface area contributed by atoms with Crippen LogP contribution in [0.15, 0.2) is 0 Å². The Kier molecular flexibility index (Phi) is 3.60. The topological polar surface area (TPSA) is 29.5 Å². The van der Waals surface area contributed by atoms with Crippen molar-refractivity contribution in [2.45, 2.75) is 31.7 Å². The molecule has 0 amide bonds. The van der Waals surface area contributed by atoms with E-state index in [1.54, 1.807) is 4.81 Å². The lowest BCUT2D eigenvalue weighted by atomic mass is 9.96. The third-order valence-electron chi connectivity index (χ3n) is 2.30. The second kappa shape index (κ2) is 4.50. The van der Waals surface area contributed by atoms with Gasteiger partial charge in [0.2, 0.25) is 0 Å². The Morgan fingerprint density at radius 2 is 2.42 bits per heavy atom. The smallest absolute Gasteiger partial charge is 0.307 e. The lowest BCUT2D eigenvalue weighted by molar-refractivity contribution is -0.141. The fraction of sp³-hybridized carbons (Fsp3) is 0.875. The van der Waals surface area contributed by atoms with Crippen LogP contribution in [-0.2, 0) is 9.53 Å². The number of ether oxygens (including phenoxy) is 1. The van der Waals surface area contributed by atoms with Gasteiger partial charge in [-0.2, -0.15) is 0 Å². The SMILES string of the molecule is [B]N1CCCC[C@H]1CC(=O)OC. The van der Waals surface area contributed by atoms with E-state index >= 15 is 0 Å². The maximum absolute atomic E-state index is 10.9. The van der Waals surface area contributed by atoms with Gasteiger partial charge in [0, 0.05) is 6.04 Å². The Bertz CT molecular complexity index is 163. The summed E-state index contributed by atoms with van der Waals surface area (Å²) < 4.78 is 4.58. The summed E-state index contributed by atoms with van der Waals surface area (Å²) in [5.41, 5.74) is 0. The average Bonchev–Trinajstić information content (AvgIpc) is 2.09. The first-order valence-corrected chi connectivity index (χ1v) is 4.32. The first-order chi connectivity index (χ1) is 5.74. The zero-order chi connectivity index (χ0) is 8.97. The fourth-order valence-electron chi connectivity index (χ4n) is 1.52. The molecule has 1 fully saturated rings. The molecule has 0 N–H and O–H groups in total. The summed E-state index contributed by atoms with van der Waals surface area (Å²) in [6, 6.07) is 0.186. The molecule has 1 aliphatic heterocycles. The molecule has 1 saturated heterocycles. The predicted octanol–water partition coefficient (Wildman–Crippen LogP) is 0.488. The zero-order valence-corrected chi connectivity index (χ0v) is 7.45. The summed E-state index contributed by atoms with van der Waals surface area (Å²) in [5.74, 6) is -0.169. The van der Waals surface area contributed by atoms with E-state index in [9.17, 15) is 4.79 Å². The average molecular weight is 167 g/mol. The Hall–Kier alpha value is -0.505. The monoisotopic (exact) mass is 167 g/mol. The first kappa shape index (κ1) is 9.58. The first-order valence-electron chi connectivity index (χ1n) is 4.32. The van der Waals surface area contributed by atoms with Gasteiger partial charge in [0.15, 0.2) is 7.98 Å². The van der Waals surface area contributed by atoms with Crippen molar-refractivity contribution in [2.24, 2.45) is 0 Å². The van der Waals surface area contributed by atoms with Gasteiger partial charge in [-0.25, -0.2) is 0 Å². The lowest BCUT2D eigenvalue weighted by Gasteiger charge is -2.32. The molecule has 1 heterocycles. The van der Waals surface area contributed by atoms with Gasteiger partial charge >= 0.3 is 5.97 Å². The number of carbonyl (C=O) groups excluding carboxylic acids is 1. The molecule has 0 bridgehead atoms. The van der Waals surface area contributed by atoms with Gasteiger partial charge < -0.3 is 9.55 Å². The molecule has 1 rings (SSSR count). The molecule has 0 aromatic rings. The van der Waals surface area contributed by atoms with Crippen molar-refractivity contribution < 1.29 is 9.53 Å². The predicted molar refractivity (Wildman–Crippen MR) is 46.7 cm³/mol. The minimum absolute atomic E-state index is 0.169. The quantitative estimate of drug-likeness (QED) is 0.442. The third-order valence-corrected chi connectivity index (χ3v) is 2.30. The number of hydrogen-bond donors (Lipinski definition) is 0. The number of rotatable bonds is 2. The van der Waals surface area contributed by atoms with E-state index in [4.69, 9.17) is 7.98 Å². The number of hydrogen-bond acceptors (Lipinski definition) is 3. The minimum Gasteiger partial charge on any atom is -0.469 e. The van der Waals surface area contributed by atoms with E-state index < -0.39 is 0 Å². The van der Waals surface area contributed by atoms with Crippen molar-refractivity contribution in [3.63, 3.8) is 0 Å². The molecule has 12 heavy (non-hydrogen) atoms. The highest BCUT2D eigenvalue weighted by Crippen LogP contribution is 2.17. The summed E-state index contributed by atoms with van der Waals surface area (Å²) >= 11 is 0. The van der Waals surface area contributed by atoms with Crippen LogP contribution in [0.25, 0.3) is 0 Å². The van der Waals surface area contributed by atoms with Crippen LogP contribution >= 0.6 is 0 Å². The van der Waals surface area contributed by atoms with E-state index in [2.05, 4.69) is 4.74 Å². The van der Waals surface area contributed by atoms with Crippen molar-refractivity contribution in [1.29, 1.82) is 0 Å². The maximum atomic E-state index is 10.9. The highest BCUT2D eigenvalue weighted by atomic mass is 16.5. The van der Waals surface area contributed by atoms with Crippen LogP contribution in [-0.4, -0.2) is 38.5 Å². The molecule has 0 spiro atoms. The van der Waals surface area contributed by atoms with Crippen molar-refractivity contribution >= 4 is 14.0 Å². The van der Waals surface area contributed by atoms with Crippen LogP contribution in [0.1, 0.15) is 25.7 Å². The number of methoxy groups -OCH3 is 1. The fourth-order valence-corrected chi connectivity index (χ4v) is 1.52. The lowest BCUT2D eigenvalue weighted by Crippen LogP contribution is -2.38. The van der Waals surface area contributed by atoms with Crippen LogP contribution in [0, 0.1) is 0 Å². The minimum atomic E-state index is -0.169. The van der Waals surface area contributed by atoms with Crippen LogP contribution < -0.4 is 0 Å². The number of esters is 1. The maximum Gasteiger partial charge on any atom is 0.307 e. The molecule has 3 nitrogen and oxygen atoms in total. The number of nitrogens with zero attached hydrogens (tertiary/aromatic N) is 1. The summed E-state index contributed by atoms with van der Waals surface area (Å²) in [7, 11) is 7.12. The molecular weight excluding hydrogens is 153 g/mol. The Morgan fingerprint density at radius 3 is 3.00 bits per heavy atom. The number of piperidine rings is 1. The standard InChI is InChI=1S/C8H14BNO2/c1-12-8(11)6-7-4-2-3-5-10(7)9/h7H,2-6H2,1H3/t7-/m0/s1. The molecule has 4 heteroatoms. The summed E-state index contributed by atoms with van der Waals surface area (Å²) in [6.07, 6.45) is 3.72. The van der Waals surface area contributed by atoms with E-state index in [-0.39, 0.29) is 12.0 Å². The van der Waals surface area contributed by atoms with Crippen LogP contribution in [0.2, 0.25) is 0 Å². The van der Waals surface area contributed by atoms with E-state index in [1.165, 1.54) is 7.11 Å². The van der Waals surface area contributed by atoms with E-state index in [1.807, 2.05) is 0 Å². The van der Waals surface area contributed by atoms with Gasteiger partial charge in [-0.15, -0.1) is 0 Å². The molecule has 1 aliphatic rings. The van der Waals surface area contributed by atoms with Crippen molar-refractivity contribution in [3.8, 4) is 0 Å². The molecule has 1 atom stereocenters. The molecular formula is C8H14BNO2. The highest BCUT2D eigenvalue weighted by Gasteiger charge is 2.21. The molecule has 2 radical (unpaired) electrons. The van der Waals surface area contributed by atoms with Gasteiger partial charge in [-0.1, -0.05) is 6.42 Å². The van der Waals surface area contributed by atoms with Gasteiger partial charge in [0.05, 0.1) is 13.5 Å². The molecule has 66 valence electrons.